The second kappa shape index (κ2) is 10.2. The predicted molar refractivity (Wildman–Crippen MR) is 153 cm³/mol. The van der Waals surface area contributed by atoms with E-state index < -0.39 is 6.04 Å². The SMILES string of the molecule is CC(C)CCC[C@@H](C)[C@H]1CC[C@H]2[C@@H]3C[C@@H]4O[C@@]45CC(OC(=O)[C@@H](N)Cc4c[nH]cn4)CC[C@]5(C)[C@H]3CC[C@]12C. The van der Waals surface area contributed by atoms with Crippen LogP contribution in [0, 0.1) is 46.3 Å². The summed E-state index contributed by atoms with van der Waals surface area (Å²) in [6.45, 7) is 12.5. The largest absolute Gasteiger partial charge is 0.461 e. The van der Waals surface area contributed by atoms with Crippen LogP contribution in [-0.4, -0.2) is 39.8 Å². The molecule has 1 saturated heterocycles. The Morgan fingerprint density at radius 1 is 1.15 bits per heavy atom. The fourth-order valence-corrected chi connectivity index (χ4v) is 10.7. The monoisotopic (exact) mass is 539 g/mol. The van der Waals surface area contributed by atoms with Crippen molar-refractivity contribution in [3.63, 3.8) is 0 Å². The molecule has 218 valence electrons. The highest BCUT2D eigenvalue weighted by Gasteiger charge is 2.76. The van der Waals surface area contributed by atoms with Crippen molar-refractivity contribution in [1.82, 2.24) is 9.97 Å². The molecule has 6 rings (SSSR count). The number of fused-ring (bicyclic) bond motifs is 4. The number of ether oxygens (including phenoxy) is 2. The molecule has 6 nitrogen and oxygen atoms in total. The molecular formula is C33H53N3O3. The van der Waals surface area contributed by atoms with Crippen LogP contribution in [-0.2, 0) is 20.7 Å². The molecule has 1 unspecified atom stereocenters. The lowest BCUT2D eigenvalue weighted by molar-refractivity contribution is -0.161. The number of epoxide rings is 1. The highest BCUT2D eigenvalue weighted by atomic mass is 16.6. The molecule has 0 bridgehead atoms. The number of aromatic amines is 1. The summed E-state index contributed by atoms with van der Waals surface area (Å²) in [7, 11) is 0. The Kier molecular flexibility index (Phi) is 7.22. The van der Waals surface area contributed by atoms with Crippen LogP contribution in [0.15, 0.2) is 12.5 Å². The lowest BCUT2D eigenvalue weighted by Gasteiger charge is -2.59. The van der Waals surface area contributed by atoms with Crippen LogP contribution in [0.1, 0.15) is 111 Å². The molecule has 11 atom stereocenters. The van der Waals surface area contributed by atoms with Gasteiger partial charge in [-0.15, -0.1) is 0 Å². The summed E-state index contributed by atoms with van der Waals surface area (Å²) in [5.41, 5.74) is 7.58. The predicted octanol–water partition coefficient (Wildman–Crippen LogP) is 6.44. The zero-order valence-electron chi connectivity index (χ0n) is 25.1. The molecule has 3 N–H and O–H groups in total. The number of nitrogens with one attached hydrogen (secondary N) is 1. The Bertz CT molecular complexity index is 1030. The van der Waals surface area contributed by atoms with Crippen molar-refractivity contribution in [3.8, 4) is 0 Å². The molecule has 0 radical (unpaired) electrons. The van der Waals surface area contributed by atoms with Crippen molar-refractivity contribution in [2.24, 2.45) is 52.1 Å². The number of nitrogens with two attached hydrogens (primary N) is 1. The fraction of sp³-hybridized carbons (Fsp3) is 0.879. The van der Waals surface area contributed by atoms with E-state index >= 15 is 0 Å². The van der Waals surface area contributed by atoms with Gasteiger partial charge in [0.15, 0.2) is 0 Å². The van der Waals surface area contributed by atoms with Gasteiger partial charge in [-0.05, 0) is 85.9 Å². The maximum atomic E-state index is 12.8. The molecule has 1 aromatic rings. The highest BCUT2D eigenvalue weighted by Crippen LogP contribution is 2.74. The quantitative estimate of drug-likeness (QED) is 0.278. The maximum absolute atomic E-state index is 12.8. The van der Waals surface area contributed by atoms with Crippen LogP contribution in [0.5, 0.6) is 0 Å². The van der Waals surface area contributed by atoms with Gasteiger partial charge in [0.2, 0.25) is 0 Å². The molecule has 6 heteroatoms. The molecule has 1 aromatic heterocycles. The van der Waals surface area contributed by atoms with Crippen molar-refractivity contribution >= 4 is 5.97 Å². The number of rotatable bonds is 9. The van der Waals surface area contributed by atoms with E-state index in [4.69, 9.17) is 15.2 Å². The third-order valence-electron chi connectivity index (χ3n) is 12.8. The van der Waals surface area contributed by atoms with Crippen LogP contribution in [0.2, 0.25) is 0 Å². The van der Waals surface area contributed by atoms with Gasteiger partial charge in [0.1, 0.15) is 17.7 Å². The summed E-state index contributed by atoms with van der Waals surface area (Å²) in [6, 6.07) is -0.676. The molecule has 5 aliphatic rings. The second-order valence-electron chi connectivity index (χ2n) is 15.2. The van der Waals surface area contributed by atoms with E-state index in [0.717, 1.165) is 60.5 Å². The summed E-state index contributed by atoms with van der Waals surface area (Å²) in [5, 5.41) is 0. The van der Waals surface area contributed by atoms with Crippen molar-refractivity contribution < 1.29 is 14.3 Å². The molecule has 39 heavy (non-hydrogen) atoms. The Morgan fingerprint density at radius 3 is 2.72 bits per heavy atom. The van der Waals surface area contributed by atoms with Gasteiger partial charge in [0, 0.05) is 24.5 Å². The summed E-state index contributed by atoms with van der Waals surface area (Å²) in [4.78, 5) is 20.0. The standard InChI is InChI=1S/C33H53N3O3/c1-20(2)7-6-8-21(3)25-9-10-26-24-16-29-33(39-29)17-23(38-30(37)28(34)15-22-18-35-19-36-22)11-14-32(33,5)27(24)12-13-31(25,26)4/h18-21,23-29H,6-17,34H2,1-5H3,(H,35,36)/t21-,23?,24+,25-,26+,27+,28+,29+,31-,32-,33+/m1/s1. The minimum absolute atomic E-state index is 0.0891. The van der Waals surface area contributed by atoms with Gasteiger partial charge in [0.25, 0.3) is 0 Å². The van der Waals surface area contributed by atoms with Crippen molar-refractivity contribution in [3.05, 3.63) is 18.2 Å². The Morgan fingerprint density at radius 2 is 1.97 bits per heavy atom. The topological polar surface area (TPSA) is 93.5 Å². The van der Waals surface area contributed by atoms with Gasteiger partial charge in [-0.3, -0.25) is 4.79 Å². The average molecular weight is 540 g/mol. The second-order valence-corrected chi connectivity index (χ2v) is 15.2. The van der Waals surface area contributed by atoms with E-state index in [2.05, 4.69) is 44.6 Å². The Balaban J connectivity index is 1.10. The number of nitrogens with zero attached hydrogens (tertiary/aromatic N) is 1. The number of aromatic nitrogens is 2. The van der Waals surface area contributed by atoms with Gasteiger partial charge in [0.05, 0.1) is 18.1 Å². The third-order valence-corrected chi connectivity index (χ3v) is 12.8. The smallest absolute Gasteiger partial charge is 0.323 e. The number of carbonyl (C=O) groups excluding carboxylic acids is 1. The van der Waals surface area contributed by atoms with E-state index in [-0.39, 0.29) is 23.1 Å². The molecule has 4 aliphatic carbocycles. The molecule has 5 fully saturated rings. The van der Waals surface area contributed by atoms with Gasteiger partial charge >= 0.3 is 5.97 Å². The number of carbonyl (C=O) groups is 1. The summed E-state index contributed by atoms with van der Waals surface area (Å²) in [5.74, 6) is 4.63. The van der Waals surface area contributed by atoms with E-state index in [9.17, 15) is 4.79 Å². The number of esters is 1. The van der Waals surface area contributed by atoms with Gasteiger partial charge in [-0.2, -0.15) is 0 Å². The number of hydrogen-bond acceptors (Lipinski definition) is 5. The summed E-state index contributed by atoms with van der Waals surface area (Å²) in [6.07, 6.45) is 17.9. The first kappa shape index (κ1) is 27.8. The number of hydrogen-bond donors (Lipinski definition) is 2. The van der Waals surface area contributed by atoms with Crippen LogP contribution < -0.4 is 5.73 Å². The normalized spacial score (nSPS) is 44.1. The minimum Gasteiger partial charge on any atom is -0.461 e. The van der Waals surface area contributed by atoms with Crippen LogP contribution in [0.25, 0.3) is 0 Å². The lowest BCUT2D eigenvalue weighted by atomic mass is 9.44. The molecule has 1 aliphatic heterocycles. The molecule has 4 saturated carbocycles. The van der Waals surface area contributed by atoms with Crippen LogP contribution in [0.4, 0.5) is 0 Å². The van der Waals surface area contributed by atoms with E-state index in [1.165, 1.54) is 51.4 Å². The molecular weight excluding hydrogens is 486 g/mol. The first-order valence-corrected chi connectivity index (χ1v) is 16.2. The minimum atomic E-state index is -0.676. The molecule has 2 heterocycles. The van der Waals surface area contributed by atoms with E-state index in [1.54, 1.807) is 12.5 Å². The molecule has 1 spiro atoms. The summed E-state index contributed by atoms with van der Waals surface area (Å²) < 4.78 is 12.7. The zero-order valence-corrected chi connectivity index (χ0v) is 25.1. The van der Waals surface area contributed by atoms with E-state index in [0.29, 0.717) is 17.9 Å². The Hall–Kier alpha value is -1.40. The van der Waals surface area contributed by atoms with E-state index in [1.807, 2.05) is 0 Å². The van der Waals surface area contributed by atoms with Crippen LogP contribution in [0.3, 0.4) is 0 Å². The van der Waals surface area contributed by atoms with Gasteiger partial charge in [-0.25, -0.2) is 4.98 Å². The molecule has 0 amide bonds. The number of H-pyrrole nitrogens is 1. The van der Waals surface area contributed by atoms with Crippen molar-refractivity contribution in [2.45, 2.75) is 136 Å². The fourth-order valence-electron chi connectivity index (χ4n) is 10.7. The van der Waals surface area contributed by atoms with Crippen molar-refractivity contribution in [2.75, 3.05) is 0 Å². The zero-order chi connectivity index (χ0) is 27.6. The van der Waals surface area contributed by atoms with Crippen molar-refractivity contribution in [1.29, 1.82) is 0 Å². The highest BCUT2D eigenvalue weighted by molar-refractivity contribution is 5.76. The number of imidazole rings is 1. The Labute approximate surface area is 236 Å². The molecule has 0 aromatic carbocycles. The van der Waals surface area contributed by atoms with Crippen LogP contribution >= 0.6 is 0 Å². The maximum Gasteiger partial charge on any atom is 0.323 e. The lowest BCUT2D eigenvalue weighted by Crippen LogP contribution is -2.59. The summed E-state index contributed by atoms with van der Waals surface area (Å²) >= 11 is 0. The average Bonchev–Trinajstić information content (AvgIpc) is 3.19. The van der Waals surface area contributed by atoms with Gasteiger partial charge < -0.3 is 20.2 Å². The third kappa shape index (κ3) is 4.60. The van der Waals surface area contributed by atoms with Gasteiger partial charge in [-0.1, -0.05) is 53.9 Å². The first-order valence-electron chi connectivity index (χ1n) is 16.2. The first-order chi connectivity index (χ1) is 18.6.